The van der Waals surface area contributed by atoms with Gasteiger partial charge in [0.1, 0.15) is 0 Å². The second kappa shape index (κ2) is 6.43. The number of rotatable bonds is 4. The van der Waals surface area contributed by atoms with Crippen molar-refractivity contribution in [3.63, 3.8) is 0 Å². The summed E-state index contributed by atoms with van der Waals surface area (Å²) in [6.07, 6.45) is 2.97. The number of benzene rings is 1. The van der Waals surface area contributed by atoms with E-state index in [1.165, 1.54) is 13.2 Å². The Bertz CT molecular complexity index is 513. The van der Waals surface area contributed by atoms with Crippen molar-refractivity contribution in [3.05, 3.63) is 29.6 Å². The van der Waals surface area contributed by atoms with Crippen LogP contribution in [0.2, 0.25) is 0 Å². The maximum Gasteiger partial charge on any atom is 0.240 e. The molecule has 1 heterocycles. The largest absolute Gasteiger partial charge is 0.494 e. The molecule has 2 N–H and O–H groups in total. The van der Waals surface area contributed by atoms with E-state index in [0.717, 1.165) is 31.4 Å². The molecule has 1 aliphatic rings. The summed E-state index contributed by atoms with van der Waals surface area (Å²) in [6, 6.07) is 4.50. The fourth-order valence-electron chi connectivity index (χ4n) is 2.64. The molecule has 1 saturated heterocycles. The summed E-state index contributed by atoms with van der Waals surface area (Å²) in [7, 11) is 1.43. The summed E-state index contributed by atoms with van der Waals surface area (Å²) >= 11 is 0. The SMILES string of the molecule is COc1ccc(C(C)NC(=O)C2(C)CCCCN2)cc1F. The molecule has 2 atom stereocenters. The van der Waals surface area contributed by atoms with Gasteiger partial charge in [0, 0.05) is 0 Å². The van der Waals surface area contributed by atoms with Crippen LogP contribution in [0.3, 0.4) is 0 Å². The topological polar surface area (TPSA) is 50.4 Å². The Hall–Kier alpha value is -1.62. The van der Waals surface area contributed by atoms with Crippen LogP contribution >= 0.6 is 0 Å². The molecule has 1 aromatic carbocycles. The van der Waals surface area contributed by atoms with Crippen molar-refractivity contribution in [2.75, 3.05) is 13.7 Å². The Labute approximate surface area is 125 Å². The average molecular weight is 294 g/mol. The highest BCUT2D eigenvalue weighted by molar-refractivity contribution is 5.86. The molecule has 2 unspecified atom stereocenters. The molecule has 1 aromatic rings. The van der Waals surface area contributed by atoms with E-state index >= 15 is 0 Å². The Balaban J connectivity index is 2.05. The molecular weight excluding hydrogens is 271 g/mol. The van der Waals surface area contributed by atoms with Crippen LogP contribution in [-0.4, -0.2) is 25.1 Å². The van der Waals surface area contributed by atoms with E-state index in [1.54, 1.807) is 12.1 Å². The van der Waals surface area contributed by atoms with E-state index in [-0.39, 0.29) is 17.7 Å². The summed E-state index contributed by atoms with van der Waals surface area (Å²) in [4.78, 5) is 12.4. The number of piperidine rings is 1. The summed E-state index contributed by atoms with van der Waals surface area (Å²) in [5.41, 5.74) is 0.193. The van der Waals surface area contributed by atoms with Crippen LogP contribution in [0.4, 0.5) is 4.39 Å². The van der Waals surface area contributed by atoms with Crippen molar-refractivity contribution in [1.29, 1.82) is 0 Å². The highest BCUT2D eigenvalue weighted by Crippen LogP contribution is 2.24. The van der Waals surface area contributed by atoms with E-state index in [4.69, 9.17) is 4.74 Å². The van der Waals surface area contributed by atoms with Crippen molar-refractivity contribution in [3.8, 4) is 5.75 Å². The number of hydrogen-bond acceptors (Lipinski definition) is 3. The smallest absolute Gasteiger partial charge is 0.240 e. The quantitative estimate of drug-likeness (QED) is 0.897. The number of nitrogens with one attached hydrogen (secondary N) is 2. The maximum atomic E-state index is 13.7. The molecule has 1 fully saturated rings. The molecule has 0 aliphatic carbocycles. The third kappa shape index (κ3) is 3.53. The van der Waals surface area contributed by atoms with Crippen LogP contribution < -0.4 is 15.4 Å². The Morgan fingerprint density at radius 3 is 2.81 bits per heavy atom. The van der Waals surface area contributed by atoms with Gasteiger partial charge < -0.3 is 15.4 Å². The van der Waals surface area contributed by atoms with Gasteiger partial charge in [0.25, 0.3) is 0 Å². The lowest BCUT2D eigenvalue weighted by molar-refractivity contribution is -0.128. The van der Waals surface area contributed by atoms with Crippen molar-refractivity contribution in [2.45, 2.75) is 44.7 Å². The normalized spacial score (nSPS) is 23.4. The zero-order valence-corrected chi connectivity index (χ0v) is 12.8. The number of amides is 1. The average Bonchev–Trinajstić information content (AvgIpc) is 2.47. The number of carbonyl (C=O) groups excluding carboxylic acids is 1. The van der Waals surface area contributed by atoms with Crippen LogP contribution in [0.1, 0.15) is 44.7 Å². The third-order valence-corrected chi connectivity index (χ3v) is 4.14. The van der Waals surface area contributed by atoms with Gasteiger partial charge in [-0.1, -0.05) is 6.07 Å². The minimum absolute atomic E-state index is 0.0362. The van der Waals surface area contributed by atoms with Crippen molar-refractivity contribution >= 4 is 5.91 Å². The molecule has 116 valence electrons. The highest BCUT2D eigenvalue weighted by Gasteiger charge is 2.34. The van der Waals surface area contributed by atoms with E-state index in [9.17, 15) is 9.18 Å². The highest BCUT2D eigenvalue weighted by atomic mass is 19.1. The summed E-state index contributed by atoms with van der Waals surface area (Å²) in [5.74, 6) is -0.248. The Morgan fingerprint density at radius 2 is 2.24 bits per heavy atom. The van der Waals surface area contributed by atoms with Gasteiger partial charge in [-0.3, -0.25) is 4.79 Å². The van der Waals surface area contributed by atoms with E-state index < -0.39 is 11.4 Å². The third-order valence-electron chi connectivity index (χ3n) is 4.14. The fraction of sp³-hybridized carbons (Fsp3) is 0.562. The second-order valence-electron chi connectivity index (χ2n) is 5.81. The van der Waals surface area contributed by atoms with Gasteiger partial charge in [-0.25, -0.2) is 4.39 Å². The van der Waals surface area contributed by atoms with Crippen LogP contribution in [0.25, 0.3) is 0 Å². The minimum Gasteiger partial charge on any atom is -0.494 e. The number of carbonyl (C=O) groups is 1. The van der Waals surface area contributed by atoms with E-state index in [0.29, 0.717) is 0 Å². The first-order chi connectivity index (χ1) is 9.96. The lowest BCUT2D eigenvalue weighted by atomic mass is 9.89. The Morgan fingerprint density at radius 1 is 1.48 bits per heavy atom. The number of methoxy groups -OCH3 is 1. The van der Waals surface area contributed by atoms with Crippen LogP contribution in [0.15, 0.2) is 18.2 Å². The van der Waals surface area contributed by atoms with Crippen molar-refractivity contribution < 1.29 is 13.9 Å². The van der Waals surface area contributed by atoms with Crippen LogP contribution in [0, 0.1) is 5.82 Å². The molecule has 2 rings (SSSR count). The zero-order chi connectivity index (χ0) is 15.5. The standard InChI is InChI=1S/C16H23FN2O2/c1-11(12-6-7-14(21-3)13(17)10-12)19-15(20)16(2)8-4-5-9-18-16/h6-7,10-11,18H,4-5,8-9H2,1-3H3,(H,19,20). The lowest BCUT2D eigenvalue weighted by Gasteiger charge is -2.34. The monoisotopic (exact) mass is 294 g/mol. The van der Waals surface area contributed by atoms with Crippen LogP contribution in [0.5, 0.6) is 5.75 Å². The number of halogens is 1. The van der Waals surface area contributed by atoms with Gasteiger partial charge in [-0.15, -0.1) is 0 Å². The molecule has 0 aromatic heterocycles. The molecular formula is C16H23FN2O2. The Kier molecular flexibility index (Phi) is 4.83. The predicted octanol–water partition coefficient (Wildman–Crippen LogP) is 2.54. The van der Waals surface area contributed by atoms with Crippen molar-refractivity contribution in [1.82, 2.24) is 10.6 Å². The van der Waals surface area contributed by atoms with Gasteiger partial charge in [-0.05, 0) is 57.4 Å². The van der Waals surface area contributed by atoms with E-state index in [1.807, 2.05) is 13.8 Å². The van der Waals surface area contributed by atoms with Crippen LogP contribution in [-0.2, 0) is 4.79 Å². The lowest BCUT2D eigenvalue weighted by Crippen LogP contribution is -2.57. The number of hydrogen-bond donors (Lipinski definition) is 2. The molecule has 4 nitrogen and oxygen atoms in total. The first kappa shape index (κ1) is 15.8. The zero-order valence-electron chi connectivity index (χ0n) is 12.8. The van der Waals surface area contributed by atoms with Gasteiger partial charge in [0.2, 0.25) is 5.91 Å². The molecule has 0 bridgehead atoms. The second-order valence-corrected chi connectivity index (χ2v) is 5.81. The predicted molar refractivity (Wildman–Crippen MR) is 79.8 cm³/mol. The van der Waals surface area contributed by atoms with Crippen molar-refractivity contribution in [2.24, 2.45) is 0 Å². The molecule has 0 saturated carbocycles. The molecule has 5 heteroatoms. The molecule has 0 spiro atoms. The first-order valence-electron chi connectivity index (χ1n) is 7.36. The summed E-state index contributed by atoms with van der Waals surface area (Å²) in [5, 5.41) is 6.24. The molecule has 1 amide bonds. The van der Waals surface area contributed by atoms with Gasteiger partial charge in [0.05, 0.1) is 18.7 Å². The molecule has 1 aliphatic heterocycles. The fourth-order valence-corrected chi connectivity index (χ4v) is 2.64. The first-order valence-corrected chi connectivity index (χ1v) is 7.36. The summed E-state index contributed by atoms with van der Waals surface area (Å²) < 4.78 is 18.6. The molecule has 21 heavy (non-hydrogen) atoms. The van der Waals surface area contributed by atoms with Gasteiger partial charge >= 0.3 is 0 Å². The van der Waals surface area contributed by atoms with E-state index in [2.05, 4.69) is 10.6 Å². The van der Waals surface area contributed by atoms with Gasteiger partial charge in [-0.2, -0.15) is 0 Å². The summed E-state index contributed by atoms with van der Waals surface area (Å²) in [6.45, 7) is 4.63. The molecule has 0 radical (unpaired) electrons. The maximum absolute atomic E-state index is 13.7. The minimum atomic E-state index is -0.530. The van der Waals surface area contributed by atoms with Gasteiger partial charge in [0.15, 0.2) is 11.6 Å². The number of ether oxygens (including phenoxy) is 1.